The van der Waals surface area contributed by atoms with Crippen molar-refractivity contribution in [2.45, 2.75) is 51.1 Å². The summed E-state index contributed by atoms with van der Waals surface area (Å²) in [5.41, 5.74) is 4.29. The van der Waals surface area contributed by atoms with Crippen molar-refractivity contribution in [3.05, 3.63) is 23.9 Å². The van der Waals surface area contributed by atoms with Crippen molar-refractivity contribution >= 4 is 17.6 Å². The van der Waals surface area contributed by atoms with Gasteiger partial charge in [-0.2, -0.15) is 13.2 Å². The smallest absolute Gasteiger partial charge is 0.357 e. The van der Waals surface area contributed by atoms with Crippen LogP contribution in [-0.2, 0) is 15.8 Å². The molecule has 3 rings (SSSR count). The predicted octanol–water partition coefficient (Wildman–Crippen LogP) is 3.04. The summed E-state index contributed by atoms with van der Waals surface area (Å²) in [6, 6.07) is 2.37. The average molecular weight is 398 g/mol. The normalized spacial score (nSPS) is 19.3. The third-order valence-electron chi connectivity index (χ3n) is 5.55. The van der Waals surface area contributed by atoms with E-state index in [1.807, 2.05) is 4.90 Å². The lowest BCUT2D eigenvalue weighted by atomic mass is 9.89. The molecule has 9 heteroatoms. The first-order valence-electron chi connectivity index (χ1n) is 9.72. The Morgan fingerprint density at radius 3 is 2.00 bits per heavy atom. The number of anilines is 1. The molecule has 2 aliphatic rings. The highest BCUT2D eigenvalue weighted by Gasteiger charge is 2.31. The van der Waals surface area contributed by atoms with E-state index in [-0.39, 0.29) is 23.7 Å². The van der Waals surface area contributed by atoms with Gasteiger partial charge in [0.25, 0.3) is 0 Å². The molecule has 1 aromatic heterocycles. The van der Waals surface area contributed by atoms with Gasteiger partial charge in [-0.25, -0.2) is 4.98 Å². The highest BCUT2D eigenvalue weighted by atomic mass is 19.4. The van der Waals surface area contributed by atoms with Crippen LogP contribution in [0, 0.1) is 11.8 Å². The number of piperidine rings is 1. The minimum atomic E-state index is -4.40. The standard InChI is InChI=1S/C19H25F3N4O2/c20-19(21,22)15-6-7-16(23-12-15)26-10-8-14(9-11-26)18(28)25-24-17(27)13-4-2-1-3-5-13/h6-7,12-14H,1-5,8-11H2,(H,24,27)(H,25,28). The van der Waals surface area contributed by atoms with Gasteiger partial charge >= 0.3 is 6.18 Å². The van der Waals surface area contributed by atoms with Gasteiger partial charge in [0, 0.05) is 31.1 Å². The van der Waals surface area contributed by atoms with Crippen LogP contribution in [0.2, 0.25) is 0 Å². The molecule has 1 saturated heterocycles. The number of hydrogen-bond acceptors (Lipinski definition) is 4. The molecule has 1 saturated carbocycles. The highest BCUT2D eigenvalue weighted by Crippen LogP contribution is 2.30. The first kappa shape index (κ1) is 20.4. The molecule has 1 aromatic rings. The monoisotopic (exact) mass is 398 g/mol. The van der Waals surface area contributed by atoms with Crippen LogP contribution in [0.5, 0.6) is 0 Å². The summed E-state index contributed by atoms with van der Waals surface area (Å²) in [7, 11) is 0. The van der Waals surface area contributed by atoms with Crippen LogP contribution in [0.15, 0.2) is 18.3 Å². The van der Waals surface area contributed by atoms with Gasteiger partial charge in [-0.15, -0.1) is 0 Å². The van der Waals surface area contributed by atoms with E-state index in [0.717, 1.165) is 44.4 Å². The SMILES string of the molecule is O=C(NNC(=O)C1CCN(c2ccc(C(F)(F)F)cn2)CC1)C1CCCCC1. The molecule has 6 nitrogen and oxygen atoms in total. The number of carbonyl (C=O) groups excluding carboxylic acids is 2. The van der Waals surface area contributed by atoms with Crippen molar-refractivity contribution in [1.82, 2.24) is 15.8 Å². The molecule has 0 atom stereocenters. The van der Waals surface area contributed by atoms with Crippen molar-refractivity contribution in [3.8, 4) is 0 Å². The molecule has 1 aliphatic heterocycles. The van der Waals surface area contributed by atoms with E-state index in [0.29, 0.717) is 31.7 Å². The molecular formula is C19H25F3N4O2. The fourth-order valence-electron chi connectivity index (χ4n) is 3.80. The lowest BCUT2D eigenvalue weighted by Crippen LogP contribution is -2.49. The van der Waals surface area contributed by atoms with Crippen LogP contribution in [0.1, 0.15) is 50.5 Å². The minimum Gasteiger partial charge on any atom is -0.357 e. The predicted molar refractivity (Wildman–Crippen MR) is 97.0 cm³/mol. The van der Waals surface area contributed by atoms with Gasteiger partial charge in [0.1, 0.15) is 5.82 Å². The molecule has 0 unspecified atom stereocenters. The third-order valence-corrected chi connectivity index (χ3v) is 5.55. The maximum Gasteiger partial charge on any atom is 0.417 e. The van der Waals surface area contributed by atoms with Crippen molar-refractivity contribution in [2.24, 2.45) is 11.8 Å². The second-order valence-electron chi connectivity index (χ2n) is 7.48. The molecule has 2 N–H and O–H groups in total. The third kappa shape index (κ3) is 5.14. The average Bonchev–Trinajstić information content (AvgIpc) is 2.72. The Morgan fingerprint density at radius 1 is 0.929 bits per heavy atom. The number of carbonyl (C=O) groups is 2. The number of alkyl halides is 3. The van der Waals surface area contributed by atoms with Gasteiger partial charge in [-0.3, -0.25) is 20.4 Å². The molecule has 2 amide bonds. The Kier molecular flexibility index (Phi) is 6.41. The lowest BCUT2D eigenvalue weighted by Gasteiger charge is -2.32. The second kappa shape index (κ2) is 8.79. The second-order valence-corrected chi connectivity index (χ2v) is 7.48. The van der Waals surface area contributed by atoms with Gasteiger partial charge < -0.3 is 4.90 Å². The first-order chi connectivity index (χ1) is 13.3. The van der Waals surface area contributed by atoms with Crippen molar-refractivity contribution < 1.29 is 22.8 Å². The Balaban J connectivity index is 1.44. The van der Waals surface area contributed by atoms with Gasteiger partial charge in [0.05, 0.1) is 5.56 Å². The summed E-state index contributed by atoms with van der Waals surface area (Å²) in [6.45, 7) is 1.04. The van der Waals surface area contributed by atoms with Crippen LogP contribution in [0.4, 0.5) is 19.0 Å². The molecule has 0 spiro atoms. The molecule has 2 fully saturated rings. The van der Waals surface area contributed by atoms with E-state index < -0.39 is 11.7 Å². The van der Waals surface area contributed by atoms with Crippen molar-refractivity contribution in [1.29, 1.82) is 0 Å². The van der Waals surface area contributed by atoms with E-state index >= 15 is 0 Å². The zero-order chi connectivity index (χ0) is 20.1. The van der Waals surface area contributed by atoms with Crippen LogP contribution >= 0.6 is 0 Å². The van der Waals surface area contributed by atoms with Crippen LogP contribution in [-0.4, -0.2) is 29.9 Å². The summed E-state index contributed by atoms with van der Waals surface area (Å²) in [5.74, 6) is -0.139. The van der Waals surface area contributed by atoms with Gasteiger partial charge in [0.2, 0.25) is 11.8 Å². The summed E-state index contributed by atoms with van der Waals surface area (Å²) in [4.78, 5) is 30.2. The fourth-order valence-corrected chi connectivity index (χ4v) is 3.80. The number of pyridine rings is 1. The minimum absolute atomic E-state index is 0.0263. The topological polar surface area (TPSA) is 74.3 Å². The van der Waals surface area contributed by atoms with E-state index in [1.165, 1.54) is 6.07 Å². The van der Waals surface area contributed by atoms with Gasteiger partial charge in [-0.05, 0) is 37.8 Å². The number of nitrogens with one attached hydrogen (secondary N) is 2. The first-order valence-corrected chi connectivity index (χ1v) is 9.72. The van der Waals surface area contributed by atoms with E-state index in [2.05, 4.69) is 15.8 Å². The molecule has 0 bridgehead atoms. The molecule has 1 aliphatic carbocycles. The van der Waals surface area contributed by atoms with Crippen molar-refractivity contribution in [3.63, 3.8) is 0 Å². The van der Waals surface area contributed by atoms with Gasteiger partial charge in [-0.1, -0.05) is 19.3 Å². The van der Waals surface area contributed by atoms with E-state index in [9.17, 15) is 22.8 Å². The summed E-state index contributed by atoms with van der Waals surface area (Å²) < 4.78 is 37.9. The van der Waals surface area contributed by atoms with Crippen molar-refractivity contribution in [2.75, 3.05) is 18.0 Å². The lowest BCUT2D eigenvalue weighted by molar-refractivity contribution is -0.137. The van der Waals surface area contributed by atoms with Gasteiger partial charge in [0.15, 0.2) is 0 Å². The Hall–Kier alpha value is -2.32. The van der Waals surface area contributed by atoms with E-state index in [1.54, 1.807) is 0 Å². The fraction of sp³-hybridized carbons (Fsp3) is 0.632. The molecule has 2 heterocycles. The number of nitrogens with zero attached hydrogens (tertiary/aromatic N) is 2. The molecule has 0 aromatic carbocycles. The zero-order valence-corrected chi connectivity index (χ0v) is 15.6. The summed E-state index contributed by atoms with van der Waals surface area (Å²) in [5, 5.41) is 0. The number of amides is 2. The number of rotatable bonds is 3. The number of hydrogen-bond donors (Lipinski definition) is 2. The zero-order valence-electron chi connectivity index (χ0n) is 15.6. The van der Waals surface area contributed by atoms with Crippen LogP contribution in [0.25, 0.3) is 0 Å². The maximum absolute atomic E-state index is 12.6. The summed E-state index contributed by atoms with van der Waals surface area (Å²) in [6.07, 6.45) is 2.49. The molecular weight excluding hydrogens is 373 g/mol. The molecule has 0 radical (unpaired) electrons. The Labute approximate surface area is 161 Å². The largest absolute Gasteiger partial charge is 0.417 e. The van der Waals surface area contributed by atoms with Crippen LogP contribution < -0.4 is 15.8 Å². The Morgan fingerprint density at radius 2 is 1.50 bits per heavy atom. The quantitative estimate of drug-likeness (QED) is 0.768. The molecule has 154 valence electrons. The number of hydrazine groups is 1. The number of halogens is 3. The Bertz CT molecular complexity index is 679. The maximum atomic E-state index is 12.6. The summed E-state index contributed by atoms with van der Waals surface area (Å²) >= 11 is 0. The molecule has 28 heavy (non-hydrogen) atoms. The van der Waals surface area contributed by atoms with Crippen LogP contribution in [0.3, 0.4) is 0 Å². The highest BCUT2D eigenvalue weighted by molar-refractivity contribution is 5.84. The van der Waals surface area contributed by atoms with E-state index in [4.69, 9.17) is 0 Å². The number of aromatic nitrogens is 1.